The van der Waals surface area contributed by atoms with Crippen molar-refractivity contribution < 1.29 is 9.18 Å². The number of amides is 1. The van der Waals surface area contributed by atoms with Gasteiger partial charge in [0.25, 0.3) is 5.91 Å². The average Bonchev–Trinajstić information content (AvgIpc) is 3.20. The lowest BCUT2D eigenvalue weighted by Crippen LogP contribution is -2.49. The van der Waals surface area contributed by atoms with Crippen molar-refractivity contribution in [3.8, 4) is 5.69 Å². The van der Waals surface area contributed by atoms with Crippen LogP contribution < -0.4 is 4.90 Å². The lowest BCUT2D eigenvalue weighted by atomic mass is 10.0. The maximum absolute atomic E-state index is 13.3. The van der Waals surface area contributed by atoms with Gasteiger partial charge in [-0.05, 0) is 36.2 Å². The molecule has 29 heavy (non-hydrogen) atoms. The molecule has 1 saturated heterocycles. The SMILES string of the molecule is CC(C)c1c(C(=O)N2CCN(c3ncccn3)CC2)cnn1-c1ccc(F)cc1. The Labute approximate surface area is 168 Å². The molecule has 3 heterocycles. The monoisotopic (exact) mass is 394 g/mol. The number of hydrogen-bond donors (Lipinski definition) is 0. The van der Waals surface area contributed by atoms with Crippen molar-refractivity contribution in [2.45, 2.75) is 19.8 Å². The molecule has 0 unspecified atom stereocenters. The number of nitrogens with zero attached hydrogens (tertiary/aromatic N) is 6. The highest BCUT2D eigenvalue weighted by Gasteiger charge is 2.28. The molecule has 4 rings (SSSR count). The van der Waals surface area contributed by atoms with Crippen LogP contribution in [-0.4, -0.2) is 56.7 Å². The van der Waals surface area contributed by atoms with Crippen LogP contribution in [0.3, 0.4) is 0 Å². The van der Waals surface area contributed by atoms with Crippen LogP contribution in [0.25, 0.3) is 5.69 Å². The van der Waals surface area contributed by atoms with Crippen LogP contribution >= 0.6 is 0 Å². The van der Waals surface area contributed by atoms with Gasteiger partial charge in [-0.2, -0.15) is 5.10 Å². The molecule has 2 aromatic heterocycles. The Morgan fingerprint density at radius 2 is 1.69 bits per heavy atom. The predicted octanol–water partition coefficient (Wildman–Crippen LogP) is 2.89. The smallest absolute Gasteiger partial charge is 0.257 e. The number of rotatable bonds is 4. The Bertz CT molecular complexity index is 978. The van der Waals surface area contributed by atoms with Crippen molar-refractivity contribution >= 4 is 11.9 Å². The zero-order valence-electron chi connectivity index (χ0n) is 16.5. The Morgan fingerprint density at radius 1 is 1.03 bits per heavy atom. The van der Waals surface area contributed by atoms with E-state index in [4.69, 9.17) is 0 Å². The molecule has 150 valence electrons. The van der Waals surface area contributed by atoms with Gasteiger partial charge in [0.15, 0.2) is 0 Å². The minimum Gasteiger partial charge on any atom is -0.337 e. The lowest BCUT2D eigenvalue weighted by Gasteiger charge is -2.34. The molecule has 1 fully saturated rings. The van der Waals surface area contributed by atoms with E-state index in [-0.39, 0.29) is 17.6 Å². The third-order valence-electron chi connectivity index (χ3n) is 5.06. The molecule has 0 aliphatic carbocycles. The largest absolute Gasteiger partial charge is 0.337 e. The summed E-state index contributed by atoms with van der Waals surface area (Å²) in [6.45, 7) is 6.60. The Kier molecular flexibility index (Phi) is 5.24. The van der Waals surface area contributed by atoms with Crippen LogP contribution in [-0.2, 0) is 0 Å². The Morgan fingerprint density at radius 3 is 2.31 bits per heavy atom. The van der Waals surface area contributed by atoms with Gasteiger partial charge in [-0.3, -0.25) is 4.79 Å². The zero-order chi connectivity index (χ0) is 20.4. The highest BCUT2D eigenvalue weighted by molar-refractivity contribution is 5.95. The quantitative estimate of drug-likeness (QED) is 0.681. The van der Waals surface area contributed by atoms with Crippen molar-refractivity contribution in [1.82, 2.24) is 24.6 Å². The number of halogens is 1. The molecule has 7 nitrogen and oxygen atoms in total. The molecule has 1 aliphatic heterocycles. The number of carbonyl (C=O) groups is 1. The molecular weight excluding hydrogens is 371 g/mol. The average molecular weight is 394 g/mol. The first-order chi connectivity index (χ1) is 14.0. The Hall–Kier alpha value is -3.29. The maximum atomic E-state index is 13.3. The molecule has 0 radical (unpaired) electrons. The Balaban J connectivity index is 1.54. The fraction of sp³-hybridized carbons (Fsp3) is 0.333. The van der Waals surface area contributed by atoms with E-state index in [9.17, 15) is 9.18 Å². The van der Waals surface area contributed by atoms with Gasteiger partial charge in [0, 0.05) is 38.6 Å². The fourth-order valence-corrected chi connectivity index (χ4v) is 3.60. The maximum Gasteiger partial charge on any atom is 0.257 e. The van der Waals surface area contributed by atoms with Crippen molar-refractivity contribution in [2.24, 2.45) is 0 Å². The van der Waals surface area contributed by atoms with Gasteiger partial charge in [0.2, 0.25) is 5.95 Å². The molecule has 0 atom stereocenters. The first kappa shape index (κ1) is 19.0. The summed E-state index contributed by atoms with van der Waals surface area (Å²) in [4.78, 5) is 25.7. The van der Waals surface area contributed by atoms with Gasteiger partial charge in [-0.1, -0.05) is 13.8 Å². The van der Waals surface area contributed by atoms with Crippen LogP contribution in [0.5, 0.6) is 0 Å². The summed E-state index contributed by atoms with van der Waals surface area (Å²) in [5.41, 5.74) is 2.16. The lowest BCUT2D eigenvalue weighted by molar-refractivity contribution is 0.0744. The summed E-state index contributed by atoms with van der Waals surface area (Å²) < 4.78 is 15.0. The molecule has 3 aromatic rings. The summed E-state index contributed by atoms with van der Waals surface area (Å²) in [5, 5.41) is 4.43. The van der Waals surface area contributed by atoms with E-state index in [1.54, 1.807) is 41.5 Å². The number of aromatic nitrogens is 4. The zero-order valence-corrected chi connectivity index (χ0v) is 16.5. The second-order valence-corrected chi connectivity index (χ2v) is 7.31. The van der Waals surface area contributed by atoms with Crippen LogP contribution in [0.4, 0.5) is 10.3 Å². The van der Waals surface area contributed by atoms with Crippen LogP contribution in [0.15, 0.2) is 48.9 Å². The van der Waals surface area contributed by atoms with E-state index in [1.807, 2.05) is 18.7 Å². The van der Waals surface area contributed by atoms with Gasteiger partial charge >= 0.3 is 0 Å². The molecule has 1 amide bonds. The van der Waals surface area contributed by atoms with E-state index in [0.717, 1.165) is 11.4 Å². The summed E-state index contributed by atoms with van der Waals surface area (Å²) in [6, 6.07) is 7.92. The normalized spacial score (nSPS) is 14.5. The second-order valence-electron chi connectivity index (χ2n) is 7.31. The molecule has 0 bridgehead atoms. The van der Waals surface area contributed by atoms with E-state index >= 15 is 0 Å². The van der Waals surface area contributed by atoms with Crippen molar-refractivity contribution in [3.63, 3.8) is 0 Å². The first-order valence-corrected chi connectivity index (χ1v) is 9.69. The van der Waals surface area contributed by atoms with Gasteiger partial charge in [-0.25, -0.2) is 19.0 Å². The predicted molar refractivity (Wildman–Crippen MR) is 108 cm³/mol. The van der Waals surface area contributed by atoms with E-state index in [0.29, 0.717) is 37.7 Å². The third kappa shape index (κ3) is 3.83. The van der Waals surface area contributed by atoms with Gasteiger partial charge < -0.3 is 9.80 Å². The highest BCUT2D eigenvalue weighted by atomic mass is 19.1. The summed E-state index contributed by atoms with van der Waals surface area (Å²) in [5.74, 6) is 0.436. The first-order valence-electron chi connectivity index (χ1n) is 9.69. The molecule has 8 heteroatoms. The molecule has 1 aromatic carbocycles. The highest BCUT2D eigenvalue weighted by Crippen LogP contribution is 2.25. The van der Waals surface area contributed by atoms with Crippen LogP contribution in [0.2, 0.25) is 0 Å². The van der Waals surface area contributed by atoms with Crippen molar-refractivity contribution in [2.75, 3.05) is 31.1 Å². The molecule has 0 saturated carbocycles. The number of carbonyl (C=O) groups excluding carboxylic acids is 1. The summed E-state index contributed by atoms with van der Waals surface area (Å²) in [7, 11) is 0. The van der Waals surface area contributed by atoms with Crippen molar-refractivity contribution in [1.29, 1.82) is 0 Å². The van der Waals surface area contributed by atoms with Gasteiger partial charge in [-0.15, -0.1) is 0 Å². The van der Waals surface area contributed by atoms with E-state index in [1.165, 1.54) is 12.1 Å². The number of hydrogen-bond acceptors (Lipinski definition) is 5. The standard InChI is InChI=1S/C21H23FN6O/c1-15(2)19-18(14-25-28(19)17-6-4-16(22)5-7-17)20(29)26-10-12-27(13-11-26)21-23-8-3-9-24-21/h3-9,14-15H,10-13H2,1-2H3. The third-order valence-corrected chi connectivity index (χ3v) is 5.06. The number of benzene rings is 1. The number of piperazine rings is 1. The van der Waals surface area contributed by atoms with Crippen LogP contribution in [0, 0.1) is 5.82 Å². The molecule has 1 aliphatic rings. The summed E-state index contributed by atoms with van der Waals surface area (Å²) >= 11 is 0. The second kappa shape index (κ2) is 7.98. The summed E-state index contributed by atoms with van der Waals surface area (Å²) in [6.07, 6.45) is 5.06. The van der Waals surface area contributed by atoms with Gasteiger partial charge in [0.05, 0.1) is 23.1 Å². The van der Waals surface area contributed by atoms with Crippen molar-refractivity contribution in [3.05, 3.63) is 66.0 Å². The molecular formula is C21H23FN6O. The minimum absolute atomic E-state index is 0.0318. The van der Waals surface area contributed by atoms with Gasteiger partial charge in [0.1, 0.15) is 5.82 Å². The number of anilines is 1. The fourth-order valence-electron chi connectivity index (χ4n) is 3.60. The molecule has 0 spiro atoms. The van der Waals surface area contributed by atoms with E-state index < -0.39 is 0 Å². The minimum atomic E-state index is -0.302. The van der Waals surface area contributed by atoms with Crippen LogP contribution in [0.1, 0.15) is 35.8 Å². The van der Waals surface area contributed by atoms with E-state index in [2.05, 4.69) is 20.0 Å². The topological polar surface area (TPSA) is 67.2 Å². The molecule has 0 N–H and O–H groups in total.